The average molecular weight is 271 g/mol. The van der Waals surface area contributed by atoms with Crippen LogP contribution in [0.25, 0.3) is 11.0 Å². The van der Waals surface area contributed by atoms with Crippen molar-refractivity contribution in [2.24, 2.45) is 5.92 Å². The van der Waals surface area contributed by atoms with Crippen LogP contribution >= 0.6 is 0 Å². The number of rotatable bonds is 1. The number of fused-ring (bicyclic) bond motifs is 3. The zero-order valence-corrected chi connectivity index (χ0v) is 11.7. The lowest BCUT2D eigenvalue weighted by Gasteiger charge is -2.10. The maximum Gasteiger partial charge on any atom is 0.134 e. The molecule has 1 aliphatic carbocycles. The first kappa shape index (κ1) is 13.4. The van der Waals surface area contributed by atoms with Crippen molar-refractivity contribution in [3.63, 3.8) is 0 Å². The molecule has 20 heavy (non-hydrogen) atoms. The molecule has 0 bridgehead atoms. The summed E-state index contributed by atoms with van der Waals surface area (Å²) in [5.41, 5.74) is 2.42. The van der Waals surface area contributed by atoms with Gasteiger partial charge in [-0.1, -0.05) is 31.0 Å². The minimum atomic E-state index is 0.417. The second-order valence-corrected chi connectivity index (χ2v) is 5.61. The molecule has 2 aliphatic rings. The number of nitrogens with one attached hydrogen (secondary N) is 1. The highest BCUT2D eigenvalue weighted by molar-refractivity contribution is 5.82. The number of hydrogen-bond acceptors (Lipinski definition) is 3. The molecule has 4 rings (SSSR count). The number of carbonyl (C=O) groups excluding carboxylic acids is 1. The molecule has 1 saturated carbocycles. The highest BCUT2D eigenvalue weighted by Gasteiger charge is 2.16. The van der Waals surface area contributed by atoms with E-state index < -0.39 is 0 Å². The third kappa shape index (κ3) is 2.78. The van der Waals surface area contributed by atoms with Crippen molar-refractivity contribution in [1.29, 1.82) is 0 Å². The molecule has 0 atom stereocenters. The molecule has 2 aromatic rings. The Morgan fingerprint density at radius 3 is 2.75 bits per heavy atom. The minimum absolute atomic E-state index is 0.417. The number of carbonyl (C=O) groups is 1. The van der Waals surface area contributed by atoms with Gasteiger partial charge >= 0.3 is 0 Å². The van der Waals surface area contributed by atoms with Crippen molar-refractivity contribution >= 4 is 17.3 Å². The molecule has 3 heteroatoms. The van der Waals surface area contributed by atoms with Crippen LogP contribution in [0.4, 0.5) is 0 Å². The van der Waals surface area contributed by atoms with Gasteiger partial charge in [-0.3, -0.25) is 0 Å². The summed E-state index contributed by atoms with van der Waals surface area (Å²) in [6.07, 6.45) is 7.00. The van der Waals surface area contributed by atoms with Crippen LogP contribution in [0.5, 0.6) is 0 Å². The van der Waals surface area contributed by atoms with E-state index in [-0.39, 0.29) is 0 Å². The van der Waals surface area contributed by atoms with Gasteiger partial charge < -0.3 is 14.5 Å². The summed E-state index contributed by atoms with van der Waals surface area (Å²) in [6, 6.07) is 8.27. The van der Waals surface area contributed by atoms with Crippen molar-refractivity contribution < 1.29 is 9.21 Å². The second kappa shape index (κ2) is 6.23. The van der Waals surface area contributed by atoms with Crippen LogP contribution < -0.4 is 5.32 Å². The Kier molecular flexibility index (Phi) is 4.16. The molecule has 0 amide bonds. The fourth-order valence-corrected chi connectivity index (χ4v) is 3.08. The lowest BCUT2D eigenvalue weighted by Crippen LogP contribution is -2.22. The molecule has 0 radical (unpaired) electrons. The summed E-state index contributed by atoms with van der Waals surface area (Å²) in [5, 5.41) is 4.60. The Hall–Kier alpha value is -1.61. The van der Waals surface area contributed by atoms with E-state index in [9.17, 15) is 4.79 Å². The molecule has 2 heterocycles. The highest BCUT2D eigenvalue weighted by Crippen LogP contribution is 2.27. The summed E-state index contributed by atoms with van der Waals surface area (Å²) >= 11 is 0. The topological polar surface area (TPSA) is 42.2 Å². The average Bonchev–Trinajstić information content (AvgIpc) is 3.15. The molecule has 0 spiro atoms. The Balaban J connectivity index is 0.000000147. The molecule has 3 nitrogen and oxygen atoms in total. The molecule has 106 valence electrons. The van der Waals surface area contributed by atoms with Gasteiger partial charge in [-0.05, 0) is 31.9 Å². The van der Waals surface area contributed by atoms with Crippen LogP contribution in [0.2, 0.25) is 0 Å². The quantitative estimate of drug-likeness (QED) is 0.808. The lowest BCUT2D eigenvalue weighted by molar-refractivity contribution is -0.110. The molecule has 1 N–H and O–H groups in total. The zero-order valence-electron chi connectivity index (χ0n) is 11.7. The third-order valence-electron chi connectivity index (χ3n) is 4.21. The van der Waals surface area contributed by atoms with Gasteiger partial charge in [0.15, 0.2) is 0 Å². The first-order valence-electron chi connectivity index (χ1n) is 7.54. The Morgan fingerprint density at radius 1 is 1.20 bits per heavy atom. The predicted molar refractivity (Wildman–Crippen MR) is 79.6 cm³/mol. The van der Waals surface area contributed by atoms with Crippen molar-refractivity contribution in [2.45, 2.75) is 38.6 Å². The van der Waals surface area contributed by atoms with Gasteiger partial charge in [0.2, 0.25) is 0 Å². The molecule has 1 aromatic heterocycles. The summed E-state index contributed by atoms with van der Waals surface area (Å²) in [4.78, 5) is 10.0. The van der Waals surface area contributed by atoms with Crippen LogP contribution in [0.1, 0.15) is 37.0 Å². The first-order valence-corrected chi connectivity index (χ1v) is 7.54. The molecular weight excluding hydrogens is 250 g/mol. The Morgan fingerprint density at radius 2 is 2.00 bits per heavy atom. The van der Waals surface area contributed by atoms with Crippen molar-refractivity contribution in [3.05, 3.63) is 35.6 Å². The van der Waals surface area contributed by atoms with E-state index in [1.165, 1.54) is 23.8 Å². The van der Waals surface area contributed by atoms with E-state index >= 15 is 0 Å². The first-order chi connectivity index (χ1) is 9.88. The van der Waals surface area contributed by atoms with Gasteiger partial charge in [0.05, 0.1) is 6.54 Å². The molecule has 1 aromatic carbocycles. The van der Waals surface area contributed by atoms with E-state index in [1.54, 1.807) is 0 Å². The van der Waals surface area contributed by atoms with E-state index in [1.807, 2.05) is 12.1 Å². The molecule has 1 aliphatic heterocycles. The summed E-state index contributed by atoms with van der Waals surface area (Å²) in [5.74, 6) is 1.53. The zero-order chi connectivity index (χ0) is 13.8. The second-order valence-electron chi connectivity index (χ2n) is 5.61. The van der Waals surface area contributed by atoms with Gasteiger partial charge in [0, 0.05) is 16.9 Å². The molecular formula is C17H21NO2. The minimum Gasteiger partial charge on any atom is -0.459 e. The van der Waals surface area contributed by atoms with Crippen LogP contribution in [0.15, 0.2) is 28.7 Å². The van der Waals surface area contributed by atoms with Gasteiger partial charge in [0.1, 0.15) is 17.6 Å². The summed E-state index contributed by atoms with van der Waals surface area (Å²) < 4.78 is 5.73. The SMILES string of the molecule is O=CC1CCCC1.c1ccc2c3c(oc2c1)CNCC3. The molecule has 0 saturated heterocycles. The third-order valence-corrected chi connectivity index (χ3v) is 4.21. The Labute approximate surface area is 119 Å². The van der Waals surface area contributed by atoms with E-state index in [0.29, 0.717) is 5.92 Å². The number of aldehydes is 1. The number of hydrogen-bond donors (Lipinski definition) is 1. The largest absolute Gasteiger partial charge is 0.459 e. The normalized spacial score (nSPS) is 18.4. The monoisotopic (exact) mass is 271 g/mol. The van der Waals surface area contributed by atoms with Gasteiger partial charge in [0.25, 0.3) is 0 Å². The summed E-state index contributed by atoms with van der Waals surface area (Å²) in [6.45, 7) is 1.94. The fourth-order valence-electron chi connectivity index (χ4n) is 3.08. The van der Waals surface area contributed by atoms with Gasteiger partial charge in [-0.2, -0.15) is 0 Å². The van der Waals surface area contributed by atoms with Crippen LogP contribution in [0, 0.1) is 5.92 Å². The van der Waals surface area contributed by atoms with Crippen LogP contribution in [-0.2, 0) is 17.8 Å². The van der Waals surface area contributed by atoms with Crippen LogP contribution in [0.3, 0.4) is 0 Å². The van der Waals surface area contributed by atoms with E-state index in [0.717, 1.165) is 50.0 Å². The highest BCUT2D eigenvalue weighted by atomic mass is 16.3. The van der Waals surface area contributed by atoms with Gasteiger partial charge in [-0.15, -0.1) is 0 Å². The van der Waals surface area contributed by atoms with Crippen molar-refractivity contribution in [1.82, 2.24) is 5.32 Å². The maximum absolute atomic E-state index is 10.0. The summed E-state index contributed by atoms with van der Waals surface area (Å²) in [7, 11) is 0. The van der Waals surface area contributed by atoms with Crippen molar-refractivity contribution in [3.8, 4) is 0 Å². The standard InChI is InChI=1S/C11H11NO.C6H10O/c1-2-4-10-8(3-1)9-5-6-12-7-11(9)13-10;7-5-6-3-1-2-4-6/h1-4,12H,5-7H2;5-6H,1-4H2. The van der Waals surface area contributed by atoms with Crippen LogP contribution in [-0.4, -0.2) is 12.8 Å². The fraction of sp³-hybridized carbons (Fsp3) is 0.471. The number of para-hydroxylation sites is 1. The smallest absolute Gasteiger partial charge is 0.134 e. The van der Waals surface area contributed by atoms with Crippen molar-refractivity contribution in [2.75, 3.05) is 6.54 Å². The number of furan rings is 1. The van der Waals surface area contributed by atoms with E-state index in [2.05, 4.69) is 17.4 Å². The number of benzene rings is 1. The molecule has 0 unspecified atom stereocenters. The lowest BCUT2D eigenvalue weighted by atomic mass is 10.1. The Bertz CT molecular complexity index is 582. The maximum atomic E-state index is 10.0. The predicted octanol–water partition coefficient (Wildman–Crippen LogP) is 3.45. The van der Waals surface area contributed by atoms with Gasteiger partial charge in [-0.25, -0.2) is 0 Å². The molecule has 1 fully saturated rings. The van der Waals surface area contributed by atoms with E-state index in [4.69, 9.17) is 4.42 Å².